The monoisotopic (exact) mass is 311 g/mol. The Morgan fingerprint density at radius 3 is 2.00 bits per heavy atom. The number of hydrogen-bond acceptors (Lipinski definition) is 3. The van der Waals surface area contributed by atoms with E-state index in [-0.39, 0.29) is 18.6 Å². The lowest BCUT2D eigenvalue weighted by atomic mass is 10.0. The highest BCUT2D eigenvalue weighted by Gasteiger charge is 2.22. The van der Waals surface area contributed by atoms with Gasteiger partial charge in [-0.05, 0) is 5.56 Å². The normalized spacial score (nSPS) is 11.5. The SMILES string of the molecule is O=C(CCC(=O)c1ccccc1)NC(C(=O)O)c1ccccc1. The number of nitrogens with one attached hydrogen (secondary N) is 1. The molecule has 2 N–H and O–H groups in total. The van der Waals surface area contributed by atoms with E-state index in [0.717, 1.165) is 0 Å². The second-order valence-electron chi connectivity index (χ2n) is 5.04. The van der Waals surface area contributed by atoms with Crippen LogP contribution in [0.1, 0.15) is 34.8 Å². The van der Waals surface area contributed by atoms with Crippen molar-refractivity contribution in [1.29, 1.82) is 0 Å². The third kappa shape index (κ3) is 4.78. The average Bonchev–Trinajstić information content (AvgIpc) is 2.58. The summed E-state index contributed by atoms with van der Waals surface area (Å²) in [6.07, 6.45) is -0.0126. The Balaban J connectivity index is 1.93. The Morgan fingerprint density at radius 2 is 1.43 bits per heavy atom. The van der Waals surface area contributed by atoms with Crippen molar-refractivity contribution in [3.63, 3.8) is 0 Å². The molecule has 0 aliphatic heterocycles. The minimum Gasteiger partial charge on any atom is -0.479 e. The summed E-state index contributed by atoms with van der Waals surface area (Å²) in [5.41, 5.74) is 1.03. The molecule has 2 aromatic carbocycles. The molecular formula is C18H17NO4. The molecule has 1 unspecified atom stereocenters. The van der Waals surface area contributed by atoms with Crippen LogP contribution in [-0.2, 0) is 9.59 Å². The number of aliphatic carboxylic acids is 1. The summed E-state index contributed by atoms with van der Waals surface area (Å²) in [4.78, 5) is 35.2. The van der Waals surface area contributed by atoms with Gasteiger partial charge in [-0.3, -0.25) is 9.59 Å². The lowest BCUT2D eigenvalue weighted by Gasteiger charge is -2.14. The van der Waals surface area contributed by atoms with Crippen LogP contribution in [0.4, 0.5) is 0 Å². The Kier molecular flexibility index (Phi) is 5.63. The number of ketones is 1. The van der Waals surface area contributed by atoms with Crippen LogP contribution in [0.2, 0.25) is 0 Å². The average molecular weight is 311 g/mol. The molecule has 0 aliphatic carbocycles. The van der Waals surface area contributed by atoms with E-state index in [1.807, 2.05) is 0 Å². The Morgan fingerprint density at radius 1 is 0.870 bits per heavy atom. The highest BCUT2D eigenvalue weighted by Crippen LogP contribution is 2.13. The van der Waals surface area contributed by atoms with E-state index in [9.17, 15) is 19.5 Å². The Bertz CT molecular complexity index is 683. The standard InChI is InChI=1S/C18H17NO4/c20-15(13-7-3-1-4-8-13)11-12-16(21)19-17(18(22)23)14-9-5-2-6-10-14/h1-10,17H,11-12H2,(H,19,21)(H,22,23). The maximum atomic E-state index is 11.9. The van der Waals surface area contributed by atoms with Gasteiger partial charge in [0.25, 0.3) is 0 Å². The summed E-state index contributed by atoms with van der Waals surface area (Å²) >= 11 is 0. The van der Waals surface area contributed by atoms with Crippen LogP contribution in [0.15, 0.2) is 60.7 Å². The van der Waals surface area contributed by atoms with E-state index in [1.54, 1.807) is 60.7 Å². The minimum atomic E-state index is -1.14. The van der Waals surface area contributed by atoms with Gasteiger partial charge in [-0.25, -0.2) is 4.79 Å². The number of rotatable bonds is 7. The highest BCUT2D eigenvalue weighted by molar-refractivity contribution is 5.98. The van der Waals surface area contributed by atoms with Gasteiger partial charge >= 0.3 is 5.97 Å². The predicted octanol–water partition coefficient (Wildman–Crippen LogP) is 2.59. The molecule has 1 amide bonds. The number of benzene rings is 2. The summed E-state index contributed by atoms with van der Waals surface area (Å²) in [7, 11) is 0. The molecule has 0 fully saturated rings. The molecule has 0 heterocycles. The third-order valence-corrected chi connectivity index (χ3v) is 3.36. The van der Waals surface area contributed by atoms with E-state index in [2.05, 4.69) is 5.32 Å². The van der Waals surface area contributed by atoms with Crippen molar-refractivity contribution in [2.75, 3.05) is 0 Å². The van der Waals surface area contributed by atoms with Crippen LogP contribution in [0.5, 0.6) is 0 Å². The van der Waals surface area contributed by atoms with E-state index in [4.69, 9.17) is 0 Å². The van der Waals surface area contributed by atoms with Crippen LogP contribution in [0.3, 0.4) is 0 Å². The van der Waals surface area contributed by atoms with Crippen molar-refractivity contribution >= 4 is 17.7 Å². The number of carbonyl (C=O) groups is 3. The van der Waals surface area contributed by atoms with Crippen LogP contribution >= 0.6 is 0 Å². The number of carbonyl (C=O) groups excluding carboxylic acids is 2. The molecule has 0 radical (unpaired) electrons. The zero-order chi connectivity index (χ0) is 16.7. The largest absolute Gasteiger partial charge is 0.479 e. The van der Waals surface area contributed by atoms with Crippen molar-refractivity contribution in [2.45, 2.75) is 18.9 Å². The number of amides is 1. The predicted molar refractivity (Wildman–Crippen MR) is 85.0 cm³/mol. The molecule has 5 heteroatoms. The van der Waals surface area contributed by atoms with Gasteiger partial charge in [0, 0.05) is 18.4 Å². The van der Waals surface area contributed by atoms with Gasteiger partial charge in [-0.15, -0.1) is 0 Å². The lowest BCUT2D eigenvalue weighted by molar-refractivity contribution is -0.142. The molecule has 1 atom stereocenters. The van der Waals surface area contributed by atoms with Crippen LogP contribution in [-0.4, -0.2) is 22.8 Å². The van der Waals surface area contributed by atoms with Gasteiger partial charge in [-0.2, -0.15) is 0 Å². The third-order valence-electron chi connectivity index (χ3n) is 3.36. The maximum absolute atomic E-state index is 11.9. The molecule has 0 bridgehead atoms. The van der Waals surface area contributed by atoms with E-state index >= 15 is 0 Å². The zero-order valence-corrected chi connectivity index (χ0v) is 12.4. The molecule has 118 valence electrons. The summed E-state index contributed by atoms with van der Waals surface area (Å²) < 4.78 is 0. The Hall–Kier alpha value is -2.95. The molecule has 0 saturated carbocycles. The van der Waals surface area contributed by atoms with Gasteiger partial charge in [0.1, 0.15) is 0 Å². The maximum Gasteiger partial charge on any atom is 0.330 e. The summed E-state index contributed by atoms with van der Waals surface area (Å²) in [6.45, 7) is 0. The molecular weight excluding hydrogens is 294 g/mol. The van der Waals surface area contributed by atoms with Crippen LogP contribution in [0, 0.1) is 0 Å². The molecule has 5 nitrogen and oxygen atoms in total. The second kappa shape index (κ2) is 7.89. The fourth-order valence-corrected chi connectivity index (χ4v) is 2.16. The van der Waals surface area contributed by atoms with Crippen LogP contribution < -0.4 is 5.32 Å². The van der Waals surface area contributed by atoms with Crippen molar-refractivity contribution in [1.82, 2.24) is 5.32 Å². The first-order valence-corrected chi connectivity index (χ1v) is 7.23. The molecule has 0 aliphatic rings. The van der Waals surface area contributed by atoms with Gasteiger partial charge in [-0.1, -0.05) is 60.7 Å². The first-order valence-electron chi connectivity index (χ1n) is 7.23. The molecule has 0 aromatic heterocycles. The molecule has 2 rings (SSSR count). The van der Waals surface area contributed by atoms with E-state index in [1.165, 1.54) is 0 Å². The van der Waals surface area contributed by atoms with Gasteiger partial charge in [0.2, 0.25) is 5.91 Å². The number of carboxylic acids is 1. The van der Waals surface area contributed by atoms with Crippen molar-refractivity contribution in [3.05, 3.63) is 71.8 Å². The first-order chi connectivity index (χ1) is 11.1. The van der Waals surface area contributed by atoms with Gasteiger partial charge in [0.05, 0.1) is 0 Å². The van der Waals surface area contributed by atoms with Crippen molar-refractivity contribution in [3.8, 4) is 0 Å². The topological polar surface area (TPSA) is 83.5 Å². The molecule has 2 aromatic rings. The minimum absolute atomic E-state index is 0.0387. The fraction of sp³-hybridized carbons (Fsp3) is 0.167. The first kappa shape index (κ1) is 16.4. The second-order valence-corrected chi connectivity index (χ2v) is 5.04. The summed E-state index contributed by atoms with van der Waals surface area (Å²) in [6, 6.07) is 16.0. The molecule has 23 heavy (non-hydrogen) atoms. The molecule has 0 saturated heterocycles. The summed E-state index contributed by atoms with van der Waals surface area (Å²) in [5, 5.41) is 11.7. The smallest absolute Gasteiger partial charge is 0.330 e. The fourth-order valence-electron chi connectivity index (χ4n) is 2.16. The van der Waals surface area contributed by atoms with Gasteiger partial charge in [0.15, 0.2) is 11.8 Å². The summed E-state index contributed by atoms with van der Waals surface area (Å²) in [5.74, 6) is -1.75. The number of hydrogen-bond donors (Lipinski definition) is 2. The highest BCUT2D eigenvalue weighted by atomic mass is 16.4. The van der Waals surface area contributed by atoms with Crippen molar-refractivity contribution < 1.29 is 19.5 Å². The van der Waals surface area contributed by atoms with E-state index < -0.39 is 17.9 Å². The number of carboxylic acid groups (broad SMARTS) is 1. The Labute approximate surface area is 134 Å². The van der Waals surface area contributed by atoms with E-state index in [0.29, 0.717) is 11.1 Å². The quantitative estimate of drug-likeness (QED) is 0.770. The lowest BCUT2D eigenvalue weighted by Crippen LogP contribution is -2.33. The zero-order valence-electron chi connectivity index (χ0n) is 12.4. The van der Waals surface area contributed by atoms with Crippen molar-refractivity contribution in [2.24, 2.45) is 0 Å². The molecule has 0 spiro atoms. The van der Waals surface area contributed by atoms with Gasteiger partial charge < -0.3 is 10.4 Å². The van der Waals surface area contributed by atoms with Crippen LogP contribution in [0.25, 0.3) is 0 Å². The number of Topliss-reactive ketones (excluding diaryl/α,β-unsaturated/α-hetero) is 1.